The second-order valence-electron chi connectivity index (χ2n) is 6.10. The van der Waals surface area contributed by atoms with Crippen molar-refractivity contribution in [3.8, 4) is 0 Å². The van der Waals surface area contributed by atoms with Crippen LogP contribution in [0.15, 0.2) is 41.8 Å². The Bertz CT molecular complexity index is 709. The van der Waals surface area contributed by atoms with E-state index in [-0.39, 0.29) is 23.8 Å². The number of aryl methyl sites for hydroxylation is 1. The zero-order valence-corrected chi connectivity index (χ0v) is 14.8. The Balaban J connectivity index is 2.03. The molecule has 2 aromatic rings. The quantitative estimate of drug-likeness (QED) is 0.921. The number of carbonyl (C=O) groups excluding carboxylic acids is 2. The highest BCUT2D eigenvalue weighted by atomic mass is 32.1. The molecule has 2 atom stereocenters. The van der Waals surface area contributed by atoms with E-state index in [1.165, 1.54) is 0 Å². The van der Waals surface area contributed by atoms with E-state index in [1.807, 2.05) is 60.5 Å². The van der Waals surface area contributed by atoms with E-state index in [1.54, 1.807) is 11.3 Å². The van der Waals surface area contributed by atoms with E-state index in [0.717, 1.165) is 16.1 Å². The van der Waals surface area contributed by atoms with Gasteiger partial charge in [0.25, 0.3) is 0 Å². The number of rotatable bonds is 4. The van der Waals surface area contributed by atoms with Crippen molar-refractivity contribution in [2.45, 2.75) is 32.7 Å². The number of nitrogens with zero attached hydrogens (tertiary/aromatic N) is 1. The minimum Gasteiger partial charge on any atom is -0.356 e. The van der Waals surface area contributed by atoms with Crippen molar-refractivity contribution in [2.75, 3.05) is 11.4 Å². The molecule has 0 radical (unpaired) electrons. The van der Waals surface area contributed by atoms with E-state index < -0.39 is 0 Å². The number of thiophene rings is 1. The van der Waals surface area contributed by atoms with Crippen LogP contribution in [0.1, 0.15) is 36.2 Å². The standard InChI is InChI=1S/C19H22N2O2S/c1-3-20-19(23)15-10-11-17(22)21(14-8-6-13(2)7-9-14)18(15)16-5-4-12-24-16/h4-9,12,15,18H,3,10-11H2,1-2H3,(H,20,23)/t15-,18+/m1/s1. The number of piperidine rings is 1. The van der Waals surface area contributed by atoms with Crippen molar-refractivity contribution >= 4 is 28.8 Å². The first-order chi connectivity index (χ1) is 11.6. The molecule has 0 aliphatic carbocycles. The Kier molecular flexibility index (Phi) is 5.00. The largest absolute Gasteiger partial charge is 0.356 e. The van der Waals surface area contributed by atoms with Crippen molar-refractivity contribution in [1.82, 2.24) is 5.32 Å². The smallest absolute Gasteiger partial charge is 0.227 e. The van der Waals surface area contributed by atoms with Crippen LogP contribution in [0.5, 0.6) is 0 Å². The Morgan fingerprint density at radius 1 is 1.29 bits per heavy atom. The molecule has 1 N–H and O–H groups in total. The maximum absolute atomic E-state index is 12.7. The molecule has 1 aliphatic rings. The maximum Gasteiger partial charge on any atom is 0.227 e. The van der Waals surface area contributed by atoms with Crippen LogP contribution < -0.4 is 10.2 Å². The molecular formula is C19H22N2O2S. The van der Waals surface area contributed by atoms with Crippen LogP contribution in [-0.4, -0.2) is 18.4 Å². The van der Waals surface area contributed by atoms with Gasteiger partial charge in [-0.25, -0.2) is 0 Å². The van der Waals surface area contributed by atoms with Gasteiger partial charge in [0.15, 0.2) is 0 Å². The van der Waals surface area contributed by atoms with Crippen LogP contribution in [0.2, 0.25) is 0 Å². The zero-order valence-electron chi connectivity index (χ0n) is 14.0. The summed E-state index contributed by atoms with van der Waals surface area (Å²) in [6, 6.07) is 11.7. The first kappa shape index (κ1) is 16.7. The molecule has 0 saturated carbocycles. The Morgan fingerprint density at radius 3 is 2.67 bits per heavy atom. The molecule has 126 valence electrons. The molecule has 4 nitrogen and oxygen atoms in total. The topological polar surface area (TPSA) is 49.4 Å². The number of benzene rings is 1. The number of amides is 2. The first-order valence-corrected chi connectivity index (χ1v) is 9.19. The lowest BCUT2D eigenvalue weighted by molar-refractivity contribution is -0.129. The van der Waals surface area contributed by atoms with E-state index >= 15 is 0 Å². The second kappa shape index (κ2) is 7.18. The van der Waals surface area contributed by atoms with Crippen LogP contribution in [0.3, 0.4) is 0 Å². The Labute approximate surface area is 146 Å². The van der Waals surface area contributed by atoms with Gasteiger partial charge in [-0.2, -0.15) is 0 Å². The zero-order chi connectivity index (χ0) is 17.1. The van der Waals surface area contributed by atoms with Gasteiger partial charge in [-0.15, -0.1) is 11.3 Å². The number of hydrogen-bond acceptors (Lipinski definition) is 3. The monoisotopic (exact) mass is 342 g/mol. The van der Waals surface area contributed by atoms with E-state index in [2.05, 4.69) is 5.32 Å². The van der Waals surface area contributed by atoms with Gasteiger partial charge in [0, 0.05) is 23.5 Å². The van der Waals surface area contributed by atoms with Crippen molar-refractivity contribution in [3.05, 3.63) is 52.2 Å². The predicted octanol–water partition coefficient (Wildman–Crippen LogP) is 3.68. The van der Waals surface area contributed by atoms with Crippen LogP contribution >= 0.6 is 11.3 Å². The molecule has 0 spiro atoms. The molecule has 1 saturated heterocycles. The number of anilines is 1. The molecule has 0 unspecified atom stereocenters. The van der Waals surface area contributed by atoms with Crippen LogP contribution in [0, 0.1) is 12.8 Å². The lowest BCUT2D eigenvalue weighted by atomic mass is 9.86. The lowest BCUT2D eigenvalue weighted by Gasteiger charge is -2.40. The molecule has 5 heteroatoms. The van der Waals surface area contributed by atoms with Crippen molar-refractivity contribution in [1.29, 1.82) is 0 Å². The molecule has 24 heavy (non-hydrogen) atoms. The second-order valence-corrected chi connectivity index (χ2v) is 7.08. The summed E-state index contributed by atoms with van der Waals surface area (Å²) in [5, 5.41) is 4.93. The van der Waals surface area contributed by atoms with E-state index in [0.29, 0.717) is 19.4 Å². The molecule has 1 fully saturated rings. The third-order valence-electron chi connectivity index (χ3n) is 4.43. The number of nitrogens with one attached hydrogen (secondary N) is 1. The van der Waals surface area contributed by atoms with Crippen molar-refractivity contribution < 1.29 is 9.59 Å². The third kappa shape index (κ3) is 3.22. The summed E-state index contributed by atoms with van der Waals surface area (Å²) in [7, 11) is 0. The molecular weight excluding hydrogens is 320 g/mol. The molecule has 2 heterocycles. The molecule has 1 aromatic carbocycles. The summed E-state index contributed by atoms with van der Waals surface area (Å²) in [5.74, 6) is -0.110. The molecule has 0 bridgehead atoms. The van der Waals surface area contributed by atoms with Gasteiger partial charge in [0.2, 0.25) is 11.8 Å². The normalized spacial score (nSPS) is 20.9. The highest BCUT2D eigenvalue weighted by molar-refractivity contribution is 7.10. The molecule has 1 aromatic heterocycles. The van der Waals surface area contributed by atoms with Gasteiger partial charge in [-0.1, -0.05) is 23.8 Å². The maximum atomic E-state index is 12.7. The number of carbonyl (C=O) groups is 2. The summed E-state index contributed by atoms with van der Waals surface area (Å²) < 4.78 is 0. The van der Waals surface area contributed by atoms with Crippen LogP contribution in [-0.2, 0) is 9.59 Å². The lowest BCUT2D eigenvalue weighted by Crippen LogP contribution is -2.48. The average Bonchev–Trinajstić information content (AvgIpc) is 3.10. The van der Waals surface area contributed by atoms with E-state index in [9.17, 15) is 9.59 Å². The minimum atomic E-state index is -0.236. The SMILES string of the molecule is CCNC(=O)[C@@H]1CCC(=O)N(c2ccc(C)cc2)[C@@H]1c1cccs1. The molecule has 3 rings (SSSR count). The van der Waals surface area contributed by atoms with Gasteiger partial charge < -0.3 is 10.2 Å². The summed E-state index contributed by atoms with van der Waals surface area (Å²) in [6.45, 7) is 4.55. The van der Waals surface area contributed by atoms with Crippen molar-refractivity contribution in [2.24, 2.45) is 5.92 Å². The predicted molar refractivity (Wildman–Crippen MR) is 97.1 cm³/mol. The minimum absolute atomic E-state index is 0.0283. The highest BCUT2D eigenvalue weighted by Gasteiger charge is 2.41. The van der Waals surface area contributed by atoms with Gasteiger partial charge >= 0.3 is 0 Å². The first-order valence-electron chi connectivity index (χ1n) is 8.31. The van der Waals surface area contributed by atoms with Crippen molar-refractivity contribution in [3.63, 3.8) is 0 Å². The van der Waals surface area contributed by atoms with Gasteiger partial charge in [0.1, 0.15) is 0 Å². The van der Waals surface area contributed by atoms with Crippen LogP contribution in [0.4, 0.5) is 5.69 Å². The average molecular weight is 342 g/mol. The fourth-order valence-electron chi connectivity index (χ4n) is 3.27. The fraction of sp³-hybridized carbons (Fsp3) is 0.368. The Hall–Kier alpha value is -2.14. The Morgan fingerprint density at radius 2 is 2.04 bits per heavy atom. The summed E-state index contributed by atoms with van der Waals surface area (Å²) in [6.07, 6.45) is 0.993. The molecule has 1 aliphatic heterocycles. The fourth-order valence-corrected chi connectivity index (χ4v) is 4.15. The highest BCUT2D eigenvalue weighted by Crippen LogP contribution is 2.41. The van der Waals surface area contributed by atoms with E-state index in [4.69, 9.17) is 0 Å². The number of hydrogen-bond donors (Lipinski definition) is 1. The molecule has 2 amide bonds. The summed E-state index contributed by atoms with van der Waals surface area (Å²) in [4.78, 5) is 28.2. The third-order valence-corrected chi connectivity index (χ3v) is 5.37. The van der Waals surface area contributed by atoms with Gasteiger partial charge in [-0.05, 0) is 43.8 Å². The van der Waals surface area contributed by atoms with Gasteiger partial charge in [0.05, 0.1) is 12.0 Å². The summed E-state index contributed by atoms with van der Waals surface area (Å²) >= 11 is 1.60. The van der Waals surface area contributed by atoms with Crippen LogP contribution in [0.25, 0.3) is 0 Å². The van der Waals surface area contributed by atoms with Gasteiger partial charge in [-0.3, -0.25) is 9.59 Å². The summed E-state index contributed by atoms with van der Waals surface area (Å²) in [5.41, 5.74) is 2.01.